The Kier molecular flexibility index (Phi) is 3.22. The summed E-state index contributed by atoms with van der Waals surface area (Å²) in [4.78, 5) is 4.34. The van der Waals surface area contributed by atoms with Crippen LogP contribution in [0.25, 0.3) is 0 Å². The van der Waals surface area contributed by atoms with Gasteiger partial charge < -0.3 is 5.32 Å². The fraction of sp³-hybridized carbons (Fsp3) is 0.214. The zero-order valence-corrected chi connectivity index (χ0v) is 11.5. The summed E-state index contributed by atoms with van der Waals surface area (Å²) in [6.07, 6.45) is 3.52. The van der Waals surface area contributed by atoms with E-state index < -0.39 is 11.6 Å². The topological polar surface area (TPSA) is 24.9 Å². The van der Waals surface area contributed by atoms with E-state index in [0.717, 1.165) is 24.6 Å². The van der Waals surface area contributed by atoms with Gasteiger partial charge in [-0.2, -0.15) is 0 Å². The molecule has 19 heavy (non-hydrogen) atoms. The molecule has 0 bridgehead atoms. The molecule has 1 aromatic heterocycles. The zero-order valence-electron chi connectivity index (χ0n) is 9.96. The van der Waals surface area contributed by atoms with E-state index in [0.29, 0.717) is 0 Å². The van der Waals surface area contributed by atoms with Gasteiger partial charge in [-0.05, 0) is 46.5 Å². The third kappa shape index (κ3) is 2.34. The van der Waals surface area contributed by atoms with Crippen molar-refractivity contribution in [2.75, 3.05) is 5.32 Å². The van der Waals surface area contributed by atoms with Crippen LogP contribution in [-0.2, 0) is 6.42 Å². The first-order valence-electron chi connectivity index (χ1n) is 6.00. The maximum atomic E-state index is 13.7. The molecule has 1 aliphatic rings. The normalized spacial score (nSPS) is 17.3. The lowest BCUT2D eigenvalue weighted by Crippen LogP contribution is -2.10. The Labute approximate surface area is 118 Å². The van der Waals surface area contributed by atoms with E-state index in [1.807, 2.05) is 12.1 Å². The summed E-state index contributed by atoms with van der Waals surface area (Å²) >= 11 is 3.06. The molecule has 3 rings (SSSR count). The highest BCUT2D eigenvalue weighted by Crippen LogP contribution is 2.34. The van der Waals surface area contributed by atoms with Crippen LogP contribution in [0.4, 0.5) is 14.5 Å². The maximum Gasteiger partial charge on any atom is 0.149 e. The first kappa shape index (κ1) is 12.5. The Bertz CT molecular complexity index is 631. The van der Waals surface area contributed by atoms with E-state index in [1.54, 1.807) is 6.20 Å². The number of nitrogens with one attached hydrogen (secondary N) is 1. The molecular weight excluding hydrogens is 314 g/mol. The molecule has 98 valence electrons. The average molecular weight is 325 g/mol. The van der Waals surface area contributed by atoms with Gasteiger partial charge in [0.05, 0.1) is 21.9 Å². The Balaban J connectivity index is 1.89. The van der Waals surface area contributed by atoms with Crippen molar-refractivity contribution < 1.29 is 8.78 Å². The number of hydrogen-bond acceptors (Lipinski definition) is 2. The van der Waals surface area contributed by atoms with Crippen molar-refractivity contribution in [2.45, 2.75) is 18.9 Å². The number of aromatic nitrogens is 1. The number of pyridine rings is 1. The van der Waals surface area contributed by atoms with Crippen LogP contribution in [0.1, 0.15) is 23.7 Å². The molecule has 0 amide bonds. The van der Waals surface area contributed by atoms with Crippen molar-refractivity contribution in [1.29, 1.82) is 0 Å². The summed E-state index contributed by atoms with van der Waals surface area (Å²) in [6, 6.07) is 6.20. The molecule has 0 saturated carbocycles. The molecule has 2 aromatic rings. The number of halogens is 3. The second-order valence-corrected chi connectivity index (χ2v) is 5.38. The molecule has 1 N–H and O–H groups in total. The smallest absolute Gasteiger partial charge is 0.149 e. The minimum Gasteiger partial charge on any atom is -0.374 e. The van der Waals surface area contributed by atoms with Gasteiger partial charge >= 0.3 is 0 Å². The summed E-state index contributed by atoms with van der Waals surface area (Å²) in [5, 5.41) is 3.10. The summed E-state index contributed by atoms with van der Waals surface area (Å²) in [5.74, 6) is -1.20. The number of anilines is 1. The highest BCUT2D eigenvalue weighted by Gasteiger charge is 2.24. The molecule has 1 atom stereocenters. The molecule has 1 aliphatic carbocycles. The van der Waals surface area contributed by atoms with Gasteiger partial charge in [0.2, 0.25) is 0 Å². The van der Waals surface area contributed by atoms with E-state index in [-0.39, 0.29) is 16.2 Å². The van der Waals surface area contributed by atoms with Crippen LogP contribution < -0.4 is 5.32 Å². The molecule has 2 nitrogen and oxygen atoms in total. The molecule has 0 saturated heterocycles. The number of nitrogens with zero attached hydrogens (tertiary/aromatic N) is 1. The van der Waals surface area contributed by atoms with Gasteiger partial charge in [-0.1, -0.05) is 6.07 Å². The lowest BCUT2D eigenvalue weighted by atomic mass is 10.2. The zero-order chi connectivity index (χ0) is 13.4. The molecule has 1 unspecified atom stereocenters. The van der Waals surface area contributed by atoms with Crippen LogP contribution in [0.2, 0.25) is 0 Å². The van der Waals surface area contributed by atoms with Gasteiger partial charge in [0.25, 0.3) is 0 Å². The highest BCUT2D eigenvalue weighted by molar-refractivity contribution is 9.10. The molecule has 0 fully saturated rings. The predicted octanol–water partition coefficient (Wildman–Crippen LogP) is 4.22. The Morgan fingerprint density at radius 3 is 2.95 bits per heavy atom. The van der Waals surface area contributed by atoms with E-state index in [2.05, 4.69) is 26.2 Å². The molecule has 0 aliphatic heterocycles. The van der Waals surface area contributed by atoms with Crippen LogP contribution in [-0.4, -0.2) is 4.98 Å². The van der Waals surface area contributed by atoms with Crippen molar-refractivity contribution in [3.8, 4) is 0 Å². The molecule has 0 radical (unpaired) electrons. The van der Waals surface area contributed by atoms with Crippen molar-refractivity contribution in [3.63, 3.8) is 0 Å². The number of benzene rings is 1. The van der Waals surface area contributed by atoms with Crippen LogP contribution in [0.3, 0.4) is 0 Å². The number of aryl methyl sites for hydroxylation is 1. The maximum absolute atomic E-state index is 13.7. The summed E-state index contributed by atoms with van der Waals surface area (Å²) in [5.41, 5.74) is 2.42. The number of hydrogen-bond donors (Lipinski definition) is 1. The molecule has 5 heteroatoms. The molecule has 0 spiro atoms. The van der Waals surface area contributed by atoms with E-state index >= 15 is 0 Å². The Hall–Kier alpha value is -1.49. The van der Waals surface area contributed by atoms with Crippen molar-refractivity contribution in [3.05, 3.63) is 57.8 Å². The van der Waals surface area contributed by atoms with Crippen molar-refractivity contribution >= 4 is 21.6 Å². The van der Waals surface area contributed by atoms with E-state index in [4.69, 9.17) is 0 Å². The van der Waals surface area contributed by atoms with Crippen LogP contribution in [0.15, 0.2) is 34.9 Å². The third-order valence-electron chi connectivity index (χ3n) is 3.30. The first-order chi connectivity index (χ1) is 9.15. The summed E-state index contributed by atoms with van der Waals surface area (Å²) in [7, 11) is 0. The first-order valence-corrected chi connectivity index (χ1v) is 6.79. The highest BCUT2D eigenvalue weighted by atomic mass is 79.9. The number of rotatable bonds is 2. The minimum absolute atomic E-state index is 0.0249. The largest absolute Gasteiger partial charge is 0.374 e. The van der Waals surface area contributed by atoms with Crippen molar-refractivity contribution in [2.24, 2.45) is 0 Å². The second-order valence-electron chi connectivity index (χ2n) is 4.53. The number of fused-ring (bicyclic) bond motifs is 1. The predicted molar refractivity (Wildman–Crippen MR) is 73.0 cm³/mol. The average Bonchev–Trinajstić information content (AvgIpc) is 2.80. The van der Waals surface area contributed by atoms with Gasteiger partial charge in [-0.25, -0.2) is 8.78 Å². The molecule has 1 heterocycles. The Morgan fingerprint density at radius 2 is 2.11 bits per heavy atom. The fourth-order valence-corrected chi connectivity index (χ4v) is 2.72. The van der Waals surface area contributed by atoms with Crippen molar-refractivity contribution in [1.82, 2.24) is 4.98 Å². The quantitative estimate of drug-likeness (QED) is 0.836. The van der Waals surface area contributed by atoms with Gasteiger partial charge in [0, 0.05) is 12.3 Å². The SMILES string of the molecule is Fc1cc(F)c(NC2CCc3cccnc32)cc1Br. The van der Waals surface area contributed by atoms with Crippen LogP contribution in [0.5, 0.6) is 0 Å². The van der Waals surface area contributed by atoms with Gasteiger partial charge in [-0.15, -0.1) is 0 Å². The molecular formula is C14H11BrF2N2. The second kappa shape index (κ2) is 4.89. The Morgan fingerprint density at radius 1 is 1.26 bits per heavy atom. The van der Waals surface area contributed by atoms with Gasteiger partial charge in [-0.3, -0.25) is 4.98 Å². The third-order valence-corrected chi connectivity index (χ3v) is 3.91. The van der Waals surface area contributed by atoms with Gasteiger partial charge in [0.1, 0.15) is 11.6 Å². The lowest BCUT2D eigenvalue weighted by Gasteiger charge is -2.15. The lowest BCUT2D eigenvalue weighted by molar-refractivity contribution is 0.578. The van der Waals surface area contributed by atoms with E-state index in [9.17, 15) is 8.78 Å². The van der Waals surface area contributed by atoms with Gasteiger partial charge in [0.15, 0.2) is 0 Å². The minimum atomic E-state index is -0.604. The summed E-state index contributed by atoms with van der Waals surface area (Å²) in [6.45, 7) is 0. The fourth-order valence-electron chi connectivity index (χ4n) is 2.37. The molecule has 1 aromatic carbocycles. The standard InChI is InChI=1S/C14H11BrF2N2/c15-9-6-13(11(17)7-10(9)16)19-12-4-3-8-2-1-5-18-14(8)12/h1-2,5-7,12,19H,3-4H2. The van der Waals surface area contributed by atoms with E-state index in [1.165, 1.54) is 11.6 Å². The van der Waals surface area contributed by atoms with Crippen LogP contribution in [0, 0.1) is 11.6 Å². The monoisotopic (exact) mass is 324 g/mol. The van der Waals surface area contributed by atoms with Crippen LogP contribution >= 0.6 is 15.9 Å². The summed E-state index contributed by atoms with van der Waals surface area (Å²) < 4.78 is 27.1.